The van der Waals surface area contributed by atoms with E-state index in [1.54, 1.807) is 7.11 Å². The summed E-state index contributed by atoms with van der Waals surface area (Å²) in [7, 11) is 1.65. The molecule has 1 aliphatic carbocycles. The van der Waals surface area contributed by atoms with Crippen molar-refractivity contribution in [2.75, 3.05) is 20.3 Å². The third-order valence-corrected chi connectivity index (χ3v) is 6.67. The summed E-state index contributed by atoms with van der Waals surface area (Å²) >= 11 is 0. The maximum Gasteiger partial charge on any atom is 0.249 e. The van der Waals surface area contributed by atoms with Crippen molar-refractivity contribution in [1.29, 1.82) is 0 Å². The molecule has 1 unspecified atom stereocenters. The van der Waals surface area contributed by atoms with Crippen molar-refractivity contribution in [2.45, 2.75) is 50.5 Å². The number of aryl methyl sites for hydroxylation is 1. The number of likely N-dealkylation sites (tertiary alicyclic amines) is 1. The molecule has 3 aromatic rings. The van der Waals surface area contributed by atoms with Gasteiger partial charge < -0.3 is 18.9 Å². The highest BCUT2D eigenvalue weighted by Crippen LogP contribution is 2.51. The molecule has 0 N–H and O–H groups in total. The van der Waals surface area contributed by atoms with Gasteiger partial charge in [0.25, 0.3) is 0 Å². The first-order valence-corrected chi connectivity index (χ1v) is 11.6. The second-order valence-electron chi connectivity index (χ2n) is 8.93. The van der Waals surface area contributed by atoms with Crippen molar-refractivity contribution in [3.8, 4) is 11.5 Å². The minimum Gasteiger partial charge on any atom is -0.497 e. The molecule has 2 fully saturated rings. The second-order valence-corrected chi connectivity index (χ2v) is 8.93. The molecule has 1 saturated heterocycles. The van der Waals surface area contributed by atoms with E-state index in [1.807, 2.05) is 60.4 Å². The van der Waals surface area contributed by atoms with Gasteiger partial charge in [-0.2, -0.15) is 4.98 Å². The predicted molar refractivity (Wildman–Crippen MR) is 122 cm³/mol. The van der Waals surface area contributed by atoms with Crippen LogP contribution in [0.4, 0.5) is 0 Å². The third-order valence-electron chi connectivity index (χ3n) is 6.67. The van der Waals surface area contributed by atoms with Crippen LogP contribution in [0.3, 0.4) is 0 Å². The smallest absolute Gasteiger partial charge is 0.249 e. The number of amides is 1. The van der Waals surface area contributed by atoms with E-state index >= 15 is 0 Å². The zero-order chi connectivity index (χ0) is 22.8. The summed E-state index contributed by atoms with van der Waals surface area (Å²) in [6, 6.07) is 15.6. The molecule has 2 aliphatic rings. The Morgan fingerprint density at radius 1 is 1.18 bits per heavy atom. The summed E-state index contributed by atoms with van der Waals surface area (Å²) in [5.74, 6) is 2.92. The van der Waals surface area contributed by atoms with E-state index in [0.717, 1.165) is 54.9 Å². The number of methoxy groups -OCH3 is 1. The van der Waals surface area contributed by atoms with Gasteiger partial charge in [0.05, 0.1) is 19.1 Å². The lowest BCUT2D eigenvalue weighted by molar-refractivity contribution is -0.135. The van der Waals surface area contributed by atoms with Gasteiger partial charge in [-0.25, -0.2) is 0 Å². The summed E-state index contributed by atoms with van der Waals surface area (Å²) in [4.78, 5) is 20.2. The van der Waals surface area contributed by atoms with E-state index in [9.17, 15) is 4.79 Å². The van der Waals surface area contributed by atoms with Crippen molar-refractivity contribution >= 4 is 5.91 Å². The molecular formula is C26H29N3O4. The maximum absolute atomic E-state index is 13.6. The third kappa shape index (κ3) is 4.32. The van der Waals surface area contributed by atoms with Gasteiger partial charge in [0.2, 0.25) is 11.8 Å². The van der Waals surface area contributed by atoms with E-state index in [0.29, 0.717) is 24.7 Å². The Hall–Kier alpha value is -3.35. The van der Waals surface area contributed by atoms with Crippen LogP contribution in [-0.4, -0.2) is 41.2 Å². The maximum atomic E-state index is 13.6. The summed E-state index contributed by atoms with van der Waals surface area (Å²) < 4.78 is 16.7. The Balaban J connectivity index is 1.24. The summed E-state index contributed by atoms with van der Waals surface area (Å²) in [5, 5.41) is 4.14. The van der Waals surface area contributed by atoms with Crippen LogP contribution in [0.15, 0.2) is 53.1 Å². The van der Waals surface area contributed by atoms with E-state index in [-0.39, 0.29) is 11.9 Å². The van der Waals surface area contributed by atoms with Crippen molar-refractivity contribution < 1.29 is 18.8 Å². The molecule has 7 heteroatoms. The molecule has 172 valence electrons. The number of carbonyl (C=O) groups is 1. The number of aromatic nitrogens is 2. The second kappa shape index (κ2) is 8.89. The zero-order valence-electron chi connectivity index (χ0n) is 19.1. The molecule has 0 bridgehead atoms. The van der Waals surface area contributed by atoms with Crippen LogP contribution in [0.1, 0.15) is 54.6 Å². The Morgan fingerprint density at radius 2 is 2.00 bits per heavy atom. The number of benzene rings is 2. The quantitative estimate of drug-likeness (QED) is 0.509. The molecule has 0 spiro atoms. The largest absolute Gasteiger partial charge is 0.497 e. The molecule has 1 aliphatic heterocycles. The first-order chi connectivity index (χ1) is 16.1. The summed E-state index contributed by atoms with van der Waals surface area (Å²) in [6.07, 6.45) is 4.06. The molecule has 1 atom stereocenters. The van der Waals surface area contributed by atoms with Gasteiger partial charge in [-0.3, -0.25) is 4.79 Å². The standard InChI is InChI=1S/C26H29N3O4/c1-18-5-3-6-21(17-18)32-16-12-23-27-24(33-28-23)22-7-4-15-29(22)25(30)26(13-14-26)19-8-10-20(31-2)11-9-19/h3,5-6,8-11,17,22H,4,7,12-16H2,1-2H3. The van der Waals surface area contributed by atoms with Crippen LogP contribution < -0.4 is 9.47 Å². The molecule has 5 rings (SSSR count). The average Bonchev–Trinajstić information content (AvgIpc) is 3.26. The fraction of sp³-hybridized carbons (Fsp3) is 0.423. The van der Waals surface area contributed by atoms with Crippen molar-refractivity contribution in [3.05, 3.63) is 71.4 Å². The Labute approximate surface area is 193 Å². The van der Waals surface area contributed by atoms with E-state index < -0.39 is 5.41 Å². The number of nitrogens with zero attached hydrogens (tertiary/aromatic N) is 3. The molecule has 0 radical (unpaired) electrons. The molecular weight excluding hydrogens is 418 g/mol. The first-order valence-electron chi connectivity index (χ1n) is 11.6. The minimum atomic E-state index is -0.431. The Bertz CT molecular complexity index is 1120. The Kier molecular flexibility index (Phi) is 5.79. The molecule has 33 heavy (non-hydrogen) atoms. The predicted octanol–water partition coefficient (Wildman–Crippen LogP) is 4.40. The number of carbonyl (C=O) groups excluding carboxylic acids is 1. The number of ether oxygens (including phenoxy) is 2. The van der Waals surface area contributed by atoms with Gasteiger partial charge in [0.1, 0.15) is 17.5 Å². The van der Waals surface area contributed by atoms with Crippen molar-refractivity contribution in [1.82, 2.24) is 15.0 Å². The molecule has 2 aromatic carbocycles. The van der Waals surface area contributed by atoms with Gasteiger partial charge in [0.15, 0.2) is 5.82 Å². The summed E-state index contributed by atoms with van der Waals surface area (Å²) in [5.41, 5.74) is 1.78. The lowest BCUT2D eigenvalue weighted by Gasteiger charge is -2.27. The fourth-order valence-corrected chi connectivity index (χ4v) is 4.67. The molecule has 1 amide bonds. The van der Waals surface area contributed by atoms with Crippen molar-refractivity contribution in [3.63, 3.8) is 0 Å². The highest BCUT2D eigenvalue weighted by molar-refractivity contribution is 5.91. The lowest BCUT2D eigenvalue weighted by atomic mass is 9.94. The van der Waals surface area contributed by atoms with Crippen LogP contribution in [-0.2, 0) is 16.6 Å². The van der Waals surface area contributed by atoms with Gasteiger partial charge in [-0.05, 0) is 68.0 Å². The summed E-state index contributed by atoms with van der Waals surface area (Å²) in [6.45, 7) is 3.22. The number of hydrogen-bond donors (Lipinski definition) is 0. The number of hydrogen-bond acceptors (Lipinski definition) is 6. The highest BCUT2D eigenvalue weighted by atomic mass is 16.5. The fourth-order valence-electron chi connectivity index (χ4n) is 4.67. The van der Waals surface area contributed by atoms with Gasteiger partial charge in [-0.15, -0.1) is 0 Å². The van der Waals surface area contributed by atoms with Crippen LogP contribution in [0.25, 0.3) is 0 Å². The lowest BCUT2D eigenvalue weighted by Crippen LogP contribution is -2.39. The van der Waals surface area contributed by atoms with Crippen LogP contribution in [0.2, 0.25) is 0 Å². The van der Waals surface area contributed by atoms with E-state index in [2.05, 4.69) is 10.1 Å². The minimum absolute atomic E-state index is 0.160. The van der Waals surface area contributed by atoms with E-state index in [1.165, 1.54) is 0 Å². The van der Waals surface area contributed by atoms with Gasteiger partial charge in [-0.1, -0.05) is 29.4 Å². The highest BCUT2D eigenvalue weighted by Gasteiger charge is 2.55. The average molecular weight is 448 g/mol. The molecule has 1 aromatic heterocycles. The normalized spacial score (nSPS) is 18.8. The van der Waals surface area contributed by atoms with E-state index in [4.69, 9.17) is 14.0 Å². The van der Waals surface area contributed by atoms with Crippen LogP contribution >= 0.6 is 0 Å². The van der Waals surface area contributed by atoms with Gasteiger partial charge >= 0.3 is 0 Å². The van der Waals surface area contributed by atoms with Crippen LogP contribution in [0.5, 0.6) is 11.5 Å². The molecule has 2 heterocycles. The first kappa shape index (κ1) is 21.5. The topological polar surface area (TPSA) is 77.7 Å². The zero-order valence-corrected chi connectivity index (χ0v) is 19.1. The van der Waals surface area contributed by atoms with Crippen LogP contribution in [0, 0.1) is 6.92 Å². The van der Waals surface area contributed by atoms with Crippen molar-refractivity contribution in [2.24, 2.45) is 0 Å². The molecule has 1 saturated carbocycles. The monoisotopic (exact) mass is 447 g/mol. The SMILES string of the molecule is COc1ccc(C2(C(=O)N3CCCC3c3nc(CCOc4cccc(C)c4)no3)CC2)cc1. The molecule has 7 nitrogen and oxygen atoms in total. The van der Waals surface area contributed by atoms with Gasteiger partial charge in [0, 0.05) is 13.0 Å². The Morgan fingerprint density at radius 3 is 2.73 bits per heavy atom. The number of rotatable bonds is 8.